The van der Waals surface area contributed by atoms with Crippen LogP contribution in [0.1, 0.15) is 5.56 Å². The van der Waals surface area contributed by atoms with Crippen LogP contribution in [0.2, 0.25) is 0 Å². The summed E-state index contributed by atoms with van der Waals surface area (Å²) >= 11 is 0. The van der Waals surface area contributed by atoms with Gasteiger partial charge in [0.05, 0.1) is 6.29 Å². The molecule has 0 spiro atoms. The van der Waals surface area contributed by atoms with E-state index in [2.05, 4.69) is 283 Å². The molecule has 0 N–H and O–H groups in total. The minimum absolute atomic E-state index is 0. The maximum atomic E-state index is 9.88. The average Bonchev–Trinajstić information content (AvgIpc) is 3.49. The van der Waals surface area contributed by atoms with Crippen LogP contribution in [0.15, 0.2) is 273 Å². The first-order valence-corrected chi connectivity index (χ1v) is 24.4. The van der Waals surface area contributed by atoms with Crippen LogP contribution in [0.25, 0.3) is 0 Å². The van der Waals surface area contributed by atoms with Crippen LogP contribution < -0.4 is 42.4 Å². The fraction of sp³-hybridized carbons (Fsp3) is 0. The second kappa shape index (κ2) is 56.6. The van der Waals surface area contributed by atoms with Crippen molar-refractivity contribution in [3.05, 3.63) is 318 Å². The molecule has 0 saturated heterocycles. The van der Waals surface area contributed by atoms with Crippen LogP contribution in [-0.4, -0.2) is 6.29 Å². The van der Waals surface area contributed by atoms with Gasteiger partial charge in [-0.3, -0.25) is 0 Å². The molecule has 0 bridgehead atoms. The Hall–Kier alpha value is -5.10. The second-order valence-electron chi connectivity index (χ2n) is 13.0. The molecule has 9 rings (SSSR count). The molecule has 0 aliphatic rings. The Balaban J connectivity index is -0.000000275. The van der Waals surface area contributed by atoms with Gasteiger partial charge in [0.25, 0.3) is 0 Å². The molecule has 0 aliphatic carbocycles. The molecule has 7 nitrogen and oxygen atoms in total. The smallest absolute Gasteiger partial charge is 0 e. The number of rotatable bonds is 9. The van der Waals surface area contributed by atoms with Crippen LogP contribution in [0.5, 0.6) is 0 Å². The molecule has 0 fully saturated rings. The Kier molecular flexibility index (Phi) is 59.5. The van der Waals surface area contributed by atoms with E-state index in [-0.39, 0.29) is 78.9 Å². The minimum Gasteiger partial charge on any atom is -0.0622 e. The van der Waals surface area contributed by atoms with Crippen LogP contribution in [0.4, 0.5) is 0 Å². The number of benzene rings is 9. The average molecular weight is 1490 g/mol. The van der Waals surface area contributed by atoms with Gasteiger partial charge in [0, 0.05) is 78.9 Å². The fourth-order valence-corrected chi connectivity index (χ4v) is 11.7. The molecule has 0 heterocycles. The summed E-state index contributed by atoms with van der Waals surface area (Å²) in [6, 6.07) is 94.7. The molecule has 75 heavy (non-hydrogen) atoms. The van der Waals surface area contributed by atoms with Crippen molar-refractivity contribution in [3.8, 4) is 0 Å². The van der Waals surface area contributed by atoms with Gasteiger partial charge in [0.1, 0.15) is 0 Å². The van der Waals surface area contributed by atoms with E-state index in [1.165, 1.54) is 42.4 Å². The Morgan fingerprint density at radius 1 is 0.267 bits per heavy atom. The summed E-state index contributed by atoms with van der Waals surface area (Å²) in [6.45, 7) is 27.0. The van der Waals surface area contributed by atoms with Crippen molar-refractivity contribution in [2.45, 2.75) is 0 Å². The standard InChI is InChI=1S/2C18H15P.C12H11P.C7H5O.6CO.2Au.2Mn/c2*1-4-10-16(11-5-1)19(17-12-6-2-7-13-17)18-14-8-3-9-15-18;1-3-7-11(8-4-1)13-12-9-5-2-6-10-12;8-6-7-4-2-1-3-5-7;6*1-2;;;;/h2*1-15H;1-10,13H;1-5H;;;;;;;;;;/q;;;-1;;;;;;;;;;. The number of hydrogen-bond donors (Lipinski definition) is 0. The van der Waals surface area contributed by atoms with Gasteiger partial charge in [-0.25, -0.2) is 0 Å². The molecule has 0 atom stereocenters. The Morgan fingerprint density at radius 3 is 0.560 bits per heavy atom. The predicted molar refractivity (Wildman–Crippen MR) is 286 cm³/mol. The van der Waals surface area contributed by atoms with Crippen LogP contribution in [0, 0.1) is 39.9 Å². The molecule has 9 aromatic rings. The molecular formula is C61H46Au2Mn2O7P3-. The van der Waals surface area contributed by atoms with E-state index < -0.39 is 15.8 Å². The third-order valence-corrected chi connectivity index (χ3v) is 14.9. The summed E-state index contributed by atoms with van der Waals surface area (Å²) in [4.78, 5) is 9.88. The molecule has 0 aromatic heterocycles. The van der Waals surface area contributed by atoms with Gasteiger partial charge >= 0.3 is 67.8 Å². The maximum absolute atomic E-state index is 9.88. The zero-order valence-corrected chi connectivity index (χ0v) is 49.1. The largest absolute Gasteiger partial charge is 0.0622 e. The third-order valence-electron chi connectivity index (χ3n) is 8.81. The molecule has 0 saturated carbocycles. The minimum atomic E-state index is -0.446. The molecule has 0 aliphatic heterocycles. The summed E-state index contributed by atoms with van der Waals surface area (Å²) in [5.74, 6) is 0. The summed E-state index contributed by atoms with van der Waals surface area (Å²) in [5.41, 5.74) is 0.604. The quantitative estimate of drug-likeness (QED) is 0.0605. The predicted octanol–water partition coefficient (Wildman–Crippen LogP) is 10.1. The Labute approximate surface area is 498 Å². The summed E-state index contributed by atoms with van der Waals surface area (Å²) in [6.07, 6.45) is 1.78. The first kappa shape index (κ1) is 78.8. The Morgan fingerprint density at radius 2 is 0.413 bits per heavy atom. The maximum Gasteiger partial charge on any atom is 0 e. The van der Waals surface area contributed by atoms with E-state index in [4.69, 9.17) is 27.9 Å². The fourth-order valence-electron chi connectivity index (χ4n) is 6.07. The molecule has 384 valence electrons. The van der Waals surface area contributed by atoms with Gasteiger partial charge < -0.3 is 4.79 Å². The van der Waals surface area contributed by atoms with E-state index in [9.17, 15) is 4.79 Å². The topological polar surface area (TPSA) is 136 Å². The summed E-state index contributed by atoms with van der Waals surface area (Å²) in [5, 5.41) is 11.2. The van der Waals surface area contributed by atoms with Crippen molar-refractivity contribution in [1.82, 2.24) is 0 Å². The van der Waals surface area contributed by atoms with Crippen molar-refractivity contribution in [2.75, 3.05) is 0 Å². The first-order chi connectivity index (χ1) is 35.3. The first-order valence-electron chi connectivity index (χ1n) is 20.7. The van der Waals surface area contributed by atoms with E-state index in [0.717, 1.165) is 8.58 Å². The molecular weight excluding hydrogens is 1440 g/mol. The number of carbonyl (C=O) groups excluding carboxylic acids is 1. The zero-order valence-electron chi connectivity index (χ0n) is 39.6. The number of hydrogen-bond acceptors (Lipinski definition) is 1. The third kappa shape index (κ3) is 32.8. The SMILES string of the molecule is O=[C-]c1ccccc1.[Au].[Au].[C-]#[O+].[C-]#[O+].[C-]#[O+].[C-]#[O+].[C-]#[O+].[C-]#[O+].[Mn].[Mn].c1ccc(P(c2ccccc2)c2ccccc2)cc1.c1ccc(P(c2ccccc2)c2ccccc2)cc1.c1ccc(Pc2ccccc2)cc1. The van der Waals surface area contributed by atoms with Gasteiger partial charge in [-0.2, -0.15) is 17.7 Å². The second-order valence-corrected chi connectivity index (χ2v) is 18.9. The molecule has 0 amide bonds. The summed E-state index contributed by atoms with van der Waals surface area (Å²) in [7, 11) is -0.115. The van der Waals surface area contributed by atoms with Crippen LogP contribution in [-0.2, 0) is 112 Å². The van der Waals surface area contributed by atoms with E-state index in [0.29, 0.717) is 5.56 Å². The van der Waals surface area contributed by atoms with Gasteiger partial charge in [-0.05, 0) is 58.3 Å². The van der Waals surface area contributed by atoms with Crippen molar-refractivity contribution in [3.63, 3.8) is 0 Å². The van der Waals surface area contributed by atoms with Crippen molar-refractivity contribution < 1.29 is 112 Å². The monoisotopic (exact) mass is 1490 g/mol. The van der Waals surface area contributed by atoms with Crippen LogP contribution in [0.3, 0.4) is 0 Å². The Bertz CT molecular complexity index is 2400. The van der Waals surface area contributed by atoms with Crippen molar-refractivity contribution >= 4 is 73.1 Å². The van der Waals surface area contributed by atoms with Gasteiger partial charge in [-0.1, -0.05) is 257 Å². The molecule has 4 radical (unpaired) electrons. The van der Waals surface area contributed by atoms with E-state index in [1.54, 1.807) is 30.6 Å². The molecule has 9 aromatic carbocycles. The van der Waals surface area contributed by atoms with Gasteiger partial charge in [-0.15, -0.1) is 12.1 Å². The van der Waals surface area contributed by atoms with E-state index in [1.807, 2.05) is 6.07 Å². The normalized spacial score (nSPS) is 8.13. The molecule has 14 heteroatoms. The van der Waals surface area contributed by atoms with Crippen molar-refractivity contribution in [1.29, 1.82) is 0 Å². The molecule has 0 unspecified atom stereocenters. The van der Waals surface area contributed by atoms with Crippen molar-refractivity contribution in [2.24, 2.45) is 0 Å². The van der Waals surface area contributed by atoms with Gasteiger partial charge in [0.2, 0.25) is 0 Å². The van der Waals surface area contributed by atoms with Crippen LogP contribution >= 0.6 is 24.4 Å². The van der Waals surface area contributed by atoms with Gasteiger partial charge in [0.15, 0.2) is 0 Å². The van der Waals surface area contributed by atoms with E-state index >= 15 is 0 Å². The summed E-state index contributed by atoms with van der Waals surface area (Å²) < 4.78 is 45.0. The zero-order chi connectivity index (χ0) is 52.6.